The van der Waals surface area contributed by atoms with E-state index in [9.17, 15) is 9.59 Å². The third-order valence-corrected chi connectivity index (χ3v) is 4.97. The van der Waals surface area contributed by atoms with Crippen LogP contribution in [0.4, 0.5) is 0 Å². The molecule has 0 unspecified atom stereocenters. The van der Waals surface area contributed by atoms with Crippen LogP contribution in [0, 0.1) is 0 Å². The van der Waals surface area contributed by atoms with Crippen LogP contribution in [0.15, 0.2) is 42.5 Å². The second-order valence-electron chi connectivity index (χ2n) is 6.35. The van der Waals surface area contributed by atoms with Gasteiger partial charge in [-0.15, -0.1) is 0 Å². The summed E-state index contributed by atoms with van der Waals surface area (Å²) < 4.78 is 5.17. The lowest BCUT2D eigenvalue weighted by molar-refractivity contribution is -0.140. The van der Waals surface area contributed by atoms with Gasteiger partial charge in [-0.25, -0.2) is 0 Å². The molecule has 0 aliphatic carbocycles. The van der Waals surface area contributed by atoms with Crippen molar-refractivity contribution in [3.8, 4) is 5.75 Å². The van der Waals surface area contributed by atoms with Gasteiger partial charge in [0.2, 0.25) is 11.8 Å². The van der Waals surface area contributed by atoms with Crippen molar-refractivity contribution in [3.63, 3.8) is 0 Å². The molecule has 2 aromatic rings. The van der Waals surface area contributed by atoms with Crippen molar-refractivity contribution < 1.29 is 14.3 Å². The van der Waals surface area contributed by atoms with Gasteiger partial charge in [-0.1, -0.05) is 41.4 Å². The minimum Gasteiger partial charge on any atom is -0.497 e. The summed E-state index contributed by atoms with van der Waals surface area (Å²) in [7, 11) is 1.60. The maximum Gasteiger partial charge on any atom is 0.242 e. The highest BCUT2D eigenvalue weighted by atomic mass is 35.5. The maximum atomic E-state index is 13.1. The topological polar surface area (TPSA) is 58.6 Å². The van der Waals surface area contributed by atoms with Gasteiger partial charge in [-0.2, -0.15) is 0 Å². The Labute approximate surface area is 175 Å². The van der Waals surface area contributed by atoms with Crippen LogP contribution in [0.5, 0.6) is 5.75 Å². The highest BCUT2D eigenvalue weighted by molar-refractivity contribution is 6.35. The smallest absolute Gasteiger partial charge is 0.242 e. The van der Waals surface area contributed by atoms with E-state index < -0.39 is 6.04 Å². The van der Waals surface area contributed by atoms with Crippen molar-refractivity contribution in [2.45, 2.75) is 32.9 Å². The first-order valence-corrected chi connectivity index (χ1v) is 9.75. The quantitative estimate of drug-likeness (QED) is 0.696. The highest BCUT2D eigenvalue weighted by Crippen LogP contribution is 2.23. The van der Waals surface area contributed by atoms with Crippen molar-refractivity contribution in [3.05, 3.63) is 63.6 Å². The molecule has 0 fully saturated rings. The zero-order valence-electron chi connectivity index (χ0n) is 16.2. The number of benzene rings is 2. The van der Waals surface area contributed by atoms with Gasteiger partial charge in [-0.05, 0) is 49.2 Å². The molecule has 0 radical (unpaired) electrons. The molecule has 0 spiro atoms. The van der Waals surface area contributed by atoms with Crippen LogP contribution in [0.3, 0.4) is 0 Å². The summed E-state index contributed by atoms with van der Waals surface area (Å²) in [6, 6.07) is 11.8. The summed E-state index contributed by atoms with van der Waals surface area (Å²) in [5.74, 6) is 0.330. The molecule has 7 heteroatoms. The van der Waals surface area contributed by atoms with Crippen LogP contribution >= 0.6 is 23.2 Å². The fourth-order valence-corrected chi connectivity index (χ4v) is 3.24. The summed E-state index contributed by atoms with van der Waals surface area (Å²) in [6.07, 6.45) is 0.0793. The van der Waals surface area contributed by atoms with Crippen LogP contribution in [0.25, 0.3) is 0 Å². The lowest BCUT2D eigenvalue weighted by Gasteiger charge is -2.29. The number of nitrogens with zero attached hydrogens (tertiary/aromatic N) is 1. The molecule has 0 saturated heterocycles. The molecule has 0 aliphatic heterocycles. The minimum atomic E-state index is -0.624. The van der Waals surface area contributed by atoms with Crippen LogP contribution < -0.4 is 10.1 Å². The van der Waals surface area contributed by atoms with Crippen LogP contribution in [0.1, 0.15) is 25.0 Å². The number of hydrogen-bond donors (Lipinski definition) is 1. The van der Waals surface area contributed by atoms with Crippen molar-refractivity contribution >= 4 is 35.0 Å². The monoisotopic (exact) mass is 422 g/mol. The Morgan fingerprint density at radius 2 is 1.82 bits per heavy atom. The third kappa shape index (κ3) is 5.88. The van der Waals surface area contributed by atoms with E-state index in [-0.39, 0.29) is 18.2 Å². The minimum absolute atomic E-state index is 0.0793. The van der Waals surface area contributed by atoms with Crippen molar-refractivity contribution in [2.75, 3.05) is 13.7 Å². The molecule has 2 rings (SSSR count). The molecule has 0 saturated carbocycles. The van der Waals surface area contributed by atoms with Gasteiger partial charge in [0.05, 0.1) is 13.5 Å². The zero-order valence-corrected chi connectivity index (χ0v) is 17.7. The number of halogens is 2. The summed E-state index contributed by atoms with van der Waals surface area (Å²) in [4.78, 5) is 27.0. The van der Waals surface area contributed by atoms with Crippen LogP contribution in [-0.2, 0) is 22.6 Å². The number of likely N-dealkylation sites (N-methyl/N-ethyl adjacent to an activating group) is 1. The summed E-state index contributed by atoms with van der Waals surface area (Å²) >= 11 is 12.1. The van der Waals surface area contributed by atoms with Gasteiger partial charge in [0.25, 0.3) is 0 Å². The molecule has 150 valence electrons. The fraction of sp³-hybridized carbons (Fsp3) is 0.333. The van der Waals surface area contributed by atoms with Gasteiger partial charge >= 0.3 is 0 Å². The van der Waals surface area contributed by atoms with E-state index in [0.29, 0.717) is 28.7 Å². The van der Waals surface area contributed by atoms with E-state index in [1.54, 1.807) is 37.1 Å². The fourth-order valence-electron chi connectivity index (χ4n) is 2.76. The number of methoxy groups -OCH3 is 1. The van der Waals surface area contributed by atoms with Crippen molar-refractivity contribution in [2.24, 2.45) is 0 Å². The third-order valence-electron chi connectivity index (χ3n) is 4.39. The molecule has 28 heavy (non-hydrogen) atoms. The first kappa shape index (κ1) is 22.1. The van der Waals surface area contributed by atoms with Crippen LogP contribution in [0.2, 0.25) is 10.0 Å². The van der Waals surface area contributed by atoms with E-state index in [4.69, 9.17) is 27.9 Å². The number of nitrogens with one attached hydrogen (secondary N) is 1. The number of carbonyl (C=O) groups excluding carboxylic acids is 2. The Morgan fingerprint density at radius 3 is 2.39 bits per heavy atom. The predicted molar refractivity (Wildman–Crippen MR) is 112 cm³/mol. The number of hydrogen-bond acceptors (Lipinski definition) is 3. The lowest BCUT2D eigenvalue weighted by Crippen LogP contribution is -2.48. The molecular formula is C21H24Cl2N2O3. The number of rotatable bonds is 8. The lowest BCUT2D eigenvalue weighted by atomic mass is 10.1. The van der Waals surface area contributed by atoms with Gasteiger partial charge in [0.1, 0.15) is 11.8 Å². The van der Waals surface area contributed by atoms with E-state index >= 15 is 0 Å². The number of ether oxygens (including phenoxy) is 1. The first-order chi connectivity index (χ1) is 13.3. The number of carbonyl (C=O) groups is 2. The molecule has 0 aliphatic rings. The standard InChI is InChI=1S/C21H24Cl2N2O3/c1-4-24-21(27)14(2)25(13-15-5-9-18(28-3)10-6-15)20(26)11-16-7-8-17(22)12-19(16)23/h5-10,12,14H,4,11,13H2,1-3H3,(H,24,27)/t14-/m1/s1. The molecule has 2 amide bonds. The Bertz CT molecular complexity index is 825. The number of amides is 2. The van der Waals surface area contributed by atoms with E-state index in [2.05, 4.69) is 5.32 Å². The molecule has 2 aromatic carbocycles. The second kappa shape index (κ2) is 10.3. The Morgan fingerprint density at radius 1 is 1.14 bits per heavy atom. The van der Waals surface area contributed by atoms with Crippen molar-refractivity contribution in [1.82, 2.24) is 10.2 Å². The van der Waals surface area contributed by atoms with Gasteiger partial charge in [-0.3, -0.25) is 9.59 Å². The summed E-state index contributed by atoms with van der Waals surface area (Å²) in [5, 5.41) is 3.70. The highest BCUT2D eigenvalue weighted by Gasteiger charge is 2.26. The Kier molecular flexibility index (Phi) is 8.15. The Balaban J connectivity index is 2.24. The molecule has 0 aromatic heterocycles. The average Bonchev–Trinajstić information content (AvgIpc) is 2.68. The normalized spacial score (nSPS) is 11.6. The maximum absolute atomic E-state index is 13.1. The van der Waals surface area contributed by atoms with Gasteiger partial charge < -0.3 is 15.0 Å². The van der Waals surface area contributed by atoms with Gasteiger partial charge in [0, 0.05) is 23.1 Å². The van der Waals surface area contributed by atoms with E-state index in [0.717, 1.165) is 11.3 Å². The molecular weight excluding hydrogens is 399 g/mol. The van der Waals surface area contributed by atoms with E-state index in [1.165, 1.54) is 0 Å². The Hall–Kier alpha value is -2.24. The van der Waals surface area contributed by atoms with Gasteiger partial charge in [0.15, 0.2) is 0 Å². The predicted octanol–water partition coefficient (Wildman–Crippen LogP) is 4.10. The summed E-state index contributed by atoms with van der Waals surface area (Å²) in [5.41, 5.74) is 1.56. The molecule has 5 nitrogen and oxygen atoms in total. The van der Waals surface area contributed by atoms with Crippen molar-refractivity contribution in [1.29, 1.82) is 0 Å². The average molecular weight is 423 g/mol. The molecule has 0 heterocycles. The largest absolute Gasteiger partial charge is 0.497 e. The SMILES string of the molecule is CCNC(=O)[C@@H](C)N(Cc1ccc(OC)cc1)C(=O)Cc1ccc(Cl)cc1Cl. The molecule has 0 bridgehead atoms. The molecule has 1 N–H and O–H groups in total. The summed E-state index contributed by atoms with van der Waals surface area (Å²) in [6.45, 7) is 4.35. The zero-order chi connectivity index (χ0) is 20.7. The van der Waals surface area contributed by atoms with E-state index in [1.807, 2.05) is 31.2 Å². The molecule has 1 atom stereocenters. The first-order valence-electron chi connectivity index (χ1n) is 8.99. The second-order valence-corrected chi connectivity index (χ2v) is 7.20. The van der Waals surface area contributed by atoms with Crippen LogP contribution in [-0.4, -0.2) is 36.4 Å².